The maximum Gasteiger partial charge on any atom is 0.341 e. The van der Waals surface area contributed by atoms with Gasteiger partial charge < -0.3 is 23.9 Å². The Morgan fingerprint density at radius 2 is 1.88 bits per heavy atom. The molecule has 0 saturated heterocycles. The lowest BCUT2D eigenvalue weighted by molar-refractivity contribution is 0.0505. The van der Waals surface area contributed by atoms with E-state index < -0.39 is 5.91 Å². The molecule has 0 unspecified atom stereocenters. The number of furan rings is 1. The van der Waals surface area contributed by atoms with E-state index in [9.17, 15) is 9.59 Å². The maximum absolute atomic E-state index is 12.9. The number of fused-ring (bicyclic) bond motifs is 1. The van der Waals surface area contributed by atoms with Gasteiger partial charge in [-0.15, -0.1) is 11.3 Å². The summed E-state index contributed by atoms with van der Waals surface area (Å²) < 4.78 is 22.1. The third-order valence-electron chi connectivity index (χ3n) is 5.36. The zero-order chi connectivity index (χ0) is 23.2. The molecule has 1 aliphatic carbocycles. The number of hydrogen-bond acceptors (Lipinski definition) is 7. The normalized spacial score (nSPS) is 12.7. The van der Waals surface area contributed by atoms with Crippen LogP contribution in [0.15, 0.2) is 40.8 Å². The van der Waals surface area contributed by atoms with E-state index in [4.69, 9.17) is 18.6 Å². The van der Waals surface area contributed by atoms with Crippen molar-refractivity contribution in [1.82, 2.24) is 0 Å². The van der Waals surface area contributed by atoms with Crippen LogP contribution in [0.3, 0.4) is 0 Å². The summed E-state index contributed by atoms with van der Waals surface area (Å²) in [4.78, 5) is 26.8. The molecule has 174 valence electrons. The lowest BCUT2D eigenvalue weighted by Crippen LogP contribution is -2.15. The van der Waals surface area contributed by atoms with Crippen molar-refractivity contribution >= 4 is 28.2 Å². The topological polar surface area (TPSA) is 87.0 Å². The van der Waals surface area contributed by atoms with Gasteiger partial charge in [0, 0.05) is 4.88 Å². The zero-order valence-corrected chi connectivity index (χ0v) is 19.6. The largest absolute Gasteiger partial charge is 0.493 e. The van der Waals surface area contributed by atoms with Crippen LogP contribution in [0.4, 0.5) is 5.00 Å². The Bertz CT molecular complexity index is 1130. The summed E-state index contributed by atoms with van der Waals surface area (Å²) in [5.74, 6) is 1.05. The summed E-state index contributed by atoms with van der Waals surface area (Å²) in [5, 5.41) is 3.40. The van der Waals surface area contributed by atoms with Crippen molar-refractivity contribution in [3.63, 3.8) is 0 Å². The first-order chi connectivity index (χ1) is 16.1. The van der Waals surface area contributed by atoms with E-state index in [0.717, 1.165) is 42.5 Å². The molecule has 0 bridgehead atoms. The molecule has 1 N–H and O–H groups in total. The third-order valence-corrected chi connectivity index (χ3v) is 6.57. The molecular weight excluding hydrogens is 442 g/mol. The fourth-order valence-electron chi connectivity index (χ4n) is 3.77. The summed E-state index contributed by atoms with van der Waals surface area (Å²) in [6.45, 7) is 2.45. The van der Waals surface area contributed by atoms with Crippen LogP contribution in [0.2, 0.25) is 0 Å². The number of ether oxygens (including phenoxy) is 3. The van der Waals surface area contributed by atoms with E-state index in [2.05, 4.69) is 5.32 Å². The Labute approximate surface area is 196 Å². The van der Waals surface area contributed by atoms with Crippen molar-refractivity contribution in [2.45, 2.75) is 45.6 Å². The minimum absolute atomic E-state index is 0.146. The van der Waals surface area contributed by atoms with Crippen LogP contribution in [0, 0.1) is 0 Å². The molecule has 3 aromatic rings. The molecular formula is C25H27NO6S. The molecule has 1 amide bonds. The van der Waals surface area contributed by atoms with Crippen molar-refractivity contribution in [2.24, 2.45) is 0 Å². The third kappa shape index (κ3) is 5.22. The molecule has 0 saturated carbocycles. The van der Waals surface area contributed by atoms with Gasteiger partial charge >= 0.3 is 5.97 Å². The van der Waals surface area contributed by atoms with E-state index in [0.29, 0.717) is 34.4 Å². The molecule has 1 aliphatic rings. The molecule has 8 heteroatoms. The van der Waals surface area contributed by atoms with Gasteiger partial charge in [-0.25, -0.2) is 4.79 Å². The average molecular weight is 470 g/mol. The average Bonchev–Trinajstić information content (AvgIpc) is 3.46. The predicted octanol–water partition coefficient (Wildman–Crippen LogP) is 5.63. The number of carbonyl (C=O) groups excluding carboxylic acids is 2. The van der Waals surface area contributed by atoms with E-state index in [1.807, 2.05) is 19.1 Å². The number of hydrogen-bond donors (Lipinski definition) is 1. The molecule has 0 radical (unpaired) electrons. The Morgan fingerprint density at radius 1 is 1.09 bits per heavy atom. The smallest absolute Gasteiger partial charge is 0.341 e. The summed E-state index contributed by atoms with van der Waals surface area (Å²) in [6, 6.07) is 10.6. The highest BCUT2D eigenvalue weighted by atomic mass is 32.1. The molecule has 2 heterocycles. The monoisotopic (exact) mass is 469 g/mol. The van der Waals surface area contributed by atoms with E-state index in [-0.39, 0.29) is 18.3 Å². The van der Waals surface area contributed by atoms with Crippen molar-refractivity contribution in [2.75, 3.05) is 19.0 Å². The van der Waals surface area contributed by atoms with Crippen molar-refractivity contribution in [3.8, 4) is 11.5 Å². The standard InChI is InChI=1S/C25H27NO6S/c1-3-14-30-25(28)22-17-8-4-7-11-21(17)33-24(22)26-23(27)20-13-12-16(32-20)15-31-19-10-6-5-9-18(19)29-2/h5-6,9-10,12-13H,3-4,7-8,11,14-15H2,1-2H3,(H,26,27). The summed E-state index contributed by atoms with van der Waals surface area (Å²) in [6.07, 6.45) is 4.58. The second-order valence-corrected chi connectivity index (χ2v) is 8.82. The lowest BCUT2D eigenvalue weighted by atomic mass is 9.95. The quantitative estimate of drug-likeness (QED) is 0.409. The van der Waals surface area contributed by atoms with Crippen LogP contribution in [-0.2, 0) is 24.2 Å². The molecule has 0 atom stereocenters. The van der Waals surface area contributed by atoms with Crippen LogP contribution in [0.1, 0.15) is 63.3 Å². The van der Waals surface area contributed by atoms with Gasteiger partial charge in [-0.3, -0.25) is 4.79 Å². The summed E-state index contributed by atoms with van der Waals surface area (Å²) in [5.41, 5.74) is 1.50. The van der Waals surface area contributed by atoms with E-state index in [1.165, 1.54) is 11.3 Å². The van der Waals surface area contributed by atoms with E-state index >= 15 is 0 Å². The fourth-order valence-corrected chi connectivity index (χ4v) is 5.04. The minimum atomic E-state index is -0.415. The van der Waals surface area contributed by atoms with Crippen LogP contribution >= 0.6 is 11.3 Å². The molecule has 4 rings (SSSR count). The first-order valence-corrected chi connectivity index (χ1v) is 11.9. The molecule has 2 aromatic heterocycles. The van der Waals surface area contributed by atoms with Gasteiger partial charge in [0.15, 0.2) is 17.3 Å². The molecule has 0 aliphatic heterocycles. The highest BCUT2D eigenvalue weighted by molar-refractivity contribution is 7.17. The van der Waals surface area contributed by atoms with Crippen molar-refractivity contribution < 1.29 is 28.2 Å². The van der Waals surface area contributed by atoms with Crippen LogP contribution in [0.25, 0.3) is 0 Å². The number of carbonyl (C=O) groups is 2. The van der Waals surface area contributed by atoms with Gasteiger partial charge in [-0.1, -0.05) is 19.1 Å². The lowest BCUT2D eigenvalue weighted by Gasteiger charge is -2.12. The Kier molecular flexibility index (Phi) is 7.34. The van der Waals surface area contributed by atoms with Gasteiger partial charge in [0.25, 0.3) is 5.91 Å². The Morgan fingerprint density at radius 3 is 2.67 bits per heavy atom. The van der Waals surface area contributed by atoms with Gasteiger partial charge in [0.2, 0.25) is 0 Å². The van der Waals surface area contributed by atoms with Crippen molar-refractivity contribution in [1.29, 1.82) is 0 Å². The Hall–Kier alpha value is -3.26. The number of anilines is 1. The van der Waals surface area contributed by atoms with Crippen LogP contribution in [0.5, 0.6) is 11.5 Å². The first-order valence-electron chi connectivity index (χ1n) is 11.1. The summed E-state index contributed by atoms with van der Waals surface area (Å²) >= 11 is 1.45. The number of aryl methyl sites for hydroxylation is 1. The molecule has 7 nitrogen and oxygen atoms in total. The summed E-state index contributed by atoms with van der Waals surface area (Å²) in [7, 11) is 1.58. The van der Waals surface area contributed by atoms with Gasteiger partial charge in [0.1, 0.15) is 17.4 Å². The fraction of sp³-hybridized carbons (Fsp3) is 0.360. The molecule has 1 aromatic carbocycles. The van der Waals surface area contributed by atoms with Gasteiger partial charge in [-0.2, -0.15) is 0 Å². The minimum Gasteiger partial charge on any atom is -0.493 e. The zero-order valence-electron chi connectivity index (χ0n) is 18.8. The molecule has 0 spiro atoms. The number of benzene rings is 1. The highest BCUT2D eigenvalue weighted by Crippen LogP contribution is 2.39. The number of thiophene rings is 1. The van der Waals surface area contributed by atoms with Crippen LogP contribution in [-0.4, -0.2) is 25.6 Å². The first kappa shape index (κ1) is 22.9. The number of para-hydroxylation sites is 2. The van der Waals surface area contributed by atoms with Gasteiger partial charge in [0.05, 0.1) is 19.3 Å². The van der Waals surface area contributed by atoms with E-state index in [1.54, 1.807) is 31.4 Å². The number of methoxy groups -OCH3 is 1. The Balaban J connectivity index is 1.47. The number of amides is 1. The highest BCUT2D eigenvalue weighted by Gasteiger charge is 2.28. The second-order valence-electron chi connectivity index (χ2n) is 7.71. The maximum atomic E-state index is 12.9. The predicted molar refractivity (Wildman–Crippen MR) is 126 cm³/mol. The second kappa shape index (κ2) is 10.6. The molecule has 0 fully saturated rings. The SMILES string of the molecule is CCCOC(=O)c1c(NC(=O)c2ccc(COc3ccccc3OC)o2)sc2c1CCCC2. The number of nitrogens with one attached hydrogen (secondary N) is 1. The van der Waals surface area contributed by atoms with Crippen molar-refractivity contribution in [3.05, 3.63) is 63.9 Å². The number of esters is 1. The van der Waals surface area contributed by atoms with Gasteiger partial charge in [-0.05, 0) is 61.9 Å². The molecule has 33 heavy (non-hydrogen) atoms. The number of rotatable bonds is 9. The van der Waals surface area contributed by atoms with Crippen LogP contribution < -0.4 is 14.8 Å².